The Bertz CT molecular complexity index is 551. The molecule has 6 heteroatoms. The van der Waals surface area contributed by atoms with Gasteiger partial charge in [-0.3, -0.25) is 0 Å². The van der Waals surface area contributed by atoms with Gasteiger partial charge in [0.1, 0.15) is 0 Å². The first-order valence-electron chi connectivity index (χ1n) is 5.23. The molecule has 92 valence electrons. The summed E-state index contributed by atoms with van der Waals surface area (Å²) < 4.78 is 0. The summed E-state index contributed by atoms with van der Waals surface area (Å²) in [4.78, 5) is 14.4. The molecule has 0 radical (unpaired) electrons. The van der Waals surface area contributed by atoms with Gasteiger partial charge in [-0.2, -0.15) is 5.10 Å². The number of carbonyl (C=O) groups is 1. The third kappa shape index (κ3) is 3.64. The molecule has 2 aromatic rings. The second-order valence-corrected chi connectivity index (χ2v) is 3.90. The second kappa shape index (κ2) is 5.88. The van der Waals surface area contributed by atoms with Crippen LogP contribution in [-0.4, -0.2) is 17.2 Å². The van der Waals surface area contributed by atoms with E-state index in [4.69, 9.17) is 11.6 Å². The highest BCUT2D eigenvalue weighted by atomic mass is 35.5. The number of hydrogen-bond acceptors (Lipinski definition) is 2. The first kappa shape index (κ1) is 12.2. The molecule has 0 aliphatic carbocycles. The molecule has 0 aliphatic heterocycles. The van der Waals surface area contributed by atoms with Crippen LogP contribution < -0.4 is 10.7 Å². The Morgan fingerprint density at radius 1 is 1.33 bits per heavy atom. The van der Waals surface area contributed by atoms with Gasteiger partial charge in [-0.15, -0.1) is 0 Å². The van der Waals surface area contributed by atoms with E-state index in [1.807, 2.05) is 12.1 Å². The highest BCUT2D eigenvalue weighted by Crippen LogP contribution is 2.14. The summed E-state index contributed by atoms with van der Waals surface area (Å²) in [5.41, 5.74) is 3.76. The van der Waals surface area contributed by atoms with Crippen LogP contribution in [0.4, 0.5) is 10.5 Å². The lowest BCUT2D eigenvalue weighted by atomic mass is 10.3. The number of carbonyl (C=O) groups excluding carboxylic acids is 1. The number of aromatic amines is 1. The minimum absolute atomic E-state index is 0.430. The van der Waals surface area contributed by atoms with Crippen LogP contribution in [0.2, 0.25) is 5.02 Å². The zero-order chi connectivity index (χ0) is 12.8. The van der Waals surface area contributed by atoms with Crippen LogP contribution in [0.25, 0.3) is 0 Å². The number of rotatable bonds is 3. The SMILES string of the molecule is O=C(NN=Cc1ccc[nH]1)Nc1cccc(Cl)c1. The molecule has 2 amide bonds. The maximum absolute atomic E-state index is 11.5. The molecule has 0 unspecified atom stereocenters. The zero-order valence-corrected chi connectivity index (χ0v) is 10.1. The van der Waals surface area contributed by atoms with E-state index in [0.29, 0.717) is 10.7 Å². The summed E-state index contributed by atoms with van der Waals surface area (Å²) in [6.45, 7) is 0. The number of hydrazone groups is 1. The van der Waals surface area contributed by atoms with Crippen molar-refractivity contribution in [3.05, 3.63) is 53.3 Å². The Balaban J connectivity index is 1.86. The molecule has 0 fully saturated rings. The van der Waals surface area contributed by atoms with Crippen molar-refractivity contribution in [1.82, 2.24) is 10.4 Å². The third-order valence-electron chi connectivity index (χ3n) is 2.07. The summed E-state index contributed by atoms with van der Waals surface area (Å²) in [5.74, 6) is 0. The van der Waals surface area contributed by atoms with Gasteiger partial charge >= 0.3 is 6.03 Å². The number of nitrogens with zero attached hydrogens (tertiary/aromatic N) is 1. The molecule has 1 aromatic carbocycles. The molecule has 0 aliphatic rings. The van der Waals surface area contributed by atoms with E-state index in [1.165, 1.54) is 6.21 Å². The molecular weight excluding hydrogens is 252 g/mol. The number of halogens is 1. The van der Waals surface area contributed by atoms with Gasteiger partial charge in [0.15, 0.2) is 0 Å². The molecule has 0 bridgehead atoms. The quantitative estimate of drug-likeness (QED) is 0.578. The number of H-pyrrole nitrogens is 1. The largest absolute Gasteiger partial charge is 0.360 e. The summed E-state index contributed by atoms with van der Waals surface area (Å²) in [7, 11) is 0. The Morgan fingerprint density at radius 2 is 2.22 bits per heavy atom. The number of hydrogen-bond donors (Lipinski definition) is 3. The van der Waals surface area contributed by atoms with Crippen LogP contribution in [0.3, 0.4) is 0 Å². The van der Waals surface area contributed by atoms with Gasteiger partial charge in [0.05, 0.1) is 11.9 Å². The summed E-state index contributed by atoms with van der Waals surface area (Å²) in [6, 6.07) is 10.1. The van der Waals surface area contributed by atoms with Gasteiger partial charge in [-0.25, -0.2) is 10.2 Å². The number of amides is 2. The number of anilines is 1. The highest BCUT2D eigenvalue weighted by molar-refractivity contribution is 6.30. The van der Waals surface area contributed by atoms with E-state index >= 15 is 0 Å². The highest BCUT2D eigenvalue weighted by Gasteiger charge is 1.99. The third-order valence-corrected chi connectivity index (χ3v) is 2.31. The van der Waals surface area contributed by atoms with E-state index in [-0.39, 0.29) is 0 Å². The number of urea groups is 1. The molecule has 0 spiro atoms. The van der Waals surface area contributed by atoms with Crippen molar-refractivity contribution in [2.45, 2.75) is 0 Å². The van der Waals surface area contributed by atoms with Crippen LogP contribution >= 0.6 is 11.6 Å². The van der Waals surface area contributed by atoms with Crippen LogP contribution in [-0.2, 0) is 0 Å². The topological polar surface area (TPSA) is 69.3 Å². The molecule has 0 atom stereocenters. The van der Waals surface area contributed by atoms with Gasteiger partial charge in [0, 0.05) is 16.9 Å². The van der Waals surface area contributed by atoms with Crippen molar-refractivity contribution in [3.8, 4) is 0 Å². The van der Waals surface area contributed by atoms with Crippen molar-refractivity contribution in [1.29, 1.82) is 0 Å². The average Bonchev–Trinajstić information content (AvgIpc) is 2.82. The van der Waals surface area contributed by atoms with Crippen molar-refractivity contribution >= 4 is 29.5 Å². The zero-order valence-electron chi connectivity index (χ0n) is 9.35. The van der Waals surface area contributed by atoms with E-state index in [2.05, 4.69) is 20.8 Å². The minimum Gasteiger partial charge on any atom is -0.360 e. The number of benzene rings is 1. The fraction of sp³-hybridized carbons (Fsp3) is 0. The van der Waals surface area contributed by atoms with E-state index < -0.39 is 6.03 Å². The normalized spacial score (nSPS) is 10.5. The minimum atomic E-state index is -0.430. The van der Waals surface area contributed by atoms with Crippen molar-refractivity contribution < 1.29 is 4.79 Å². The van der Waals surface area contributed by atoms with E-state index in [0.717, 1.165) is 5.69 Å². The molecule has 3 N–H and O–H groups in total. The molecule has 1 aromatic heterocycles. The van der Waals surface area contributed by atoms with Crippen LogP contribution in [0, 0.1) is 0 Å². The predicted molar refractivity (Wildman–Crippen MR) is 72.0 cm³/mol. The first-order chi connectivity index (χ1) is 8.74. The lowest BCUT2D eigenvalue weighted by Gasteiger charge is -2.03. The smallest absolute Gasteiger partial charge is 0.339 e. The van der Waals surface area contributed by atoms with Gasteiger partial charge in [-0.1, -0.05) is 17.7 Å². The van der Waals surface area contributed by atoms with Gasteiger partial charge in [0.25, 0.3) is 0 Å². The number of aromatic nitrogens is 1. The Hall–Kier alpha value is -2.27. The average molecular weight is 263 g/mol. The maximum atomic E-state index is 11.5. The summed E-state index contributed by atoms with van der Waals surface area (Å²) in [6.07, 6.45) is 3.28. The van der Waals surface area contributed by atoms with Crippen LogP contribution in [0.5, 0.6) is 0 Å². The monoisotopic (exact) mass is 262 g/mol. The predicted octanol–water partition coefficient (Wildman–Crippen LogP) is 2.82. The van der Waals surface area contributed by atoms with Gasteiger partial charge < -0.3 is 10.3 Å². The van der Waals surface area contributed by atoms with Crippen molar-refractivity contribution in [3.63, 3.8) is 0 Å². The Morgan fingerprint density at radius 3 is 2.94 bits per heavy atom. The van der Waals surface area contributed by atoms with Crippen molar-refractivity contribution in [2.24, 2.45) is 5.10 Å². The molecular formula is C12H11ClN4O. The fourth-order valence-electron chi connectivity index (χ4n) is 1.31. The first-order valence-corrected chi connectivity index (χ1v) is 5.61. The maximum Gasteiger partial charge on any atom is 0.339 e. The standard InChI is InChI=1S/C12H11ClN4O/c13-9-3-1-4-10(7-9)16-12(18)17-15-8-11-5-2-6-14-11/h1-8,14H,(H2,16,17,18). The summed E-state index contributed by atoms with van der Waals surface area (Å²) in [5, 5.41) is 6.94. The summed E-state index contributed by atoms with van der Waals surface area (Å²) >= 11 is 5.79. The van der Waals surface area contributed by atoms with Crippen LogP contribution in [0.1, 0.15) is 5.69 Å². The lowest BCUT2D eigenvalue weighted by Crippen LogP contribution is -2.24. The van der Waals surface area contributed by atoms with Gasteiger partial charge in [-0.05, 0) is 30.3 Å². The van der Waals surface area contributed by atoms with E-state index in [9.17, 15) is 4.79 Å². The molecule has 2 rings (SSSR count). The van der Waals surface area contributed by atoms with Gasteiger partial charge in [0.2, 0.25) is 0 Å². The molecule has 5 nitrogen and oxygen atoms in total. The molecule has 1 heterocycles. The lowest BCUT2D eigenvalue weighted by molar-refractivity contribution is 0.252. The molecule has 18 heavy (non-hydrogen) atoms. The molecule has 0 saturated carbocycles. The Kier molecular flexibility index (Phi) is 3.98. The molecule has 0 saturated heterocycles. The van der Waals surface area contributed by atoms with E-state index in [1.54, 1.807) is 30.5 Å². The van der Waals surface area contributed by atoms with Crippen LogP contribution in [0.15, 0.2) is 47.7 Å². The number of nitrogens with one attached hydrogen (secondary N) is 3. The second-order valence-electron chi connectivity index (χ2n) is 3.46. The Labute approximate surface area is 109 Å². The van der Waals surface area contributed by atoms with Crippen molar-refractivity contribution in [2.75, 3.05) is 5.32 Å². The fourth-order valence-corrected chi connectivity index (χ4v) is 1.50.